The van der Waals surface area contributed by atoms with Crippen LogP contribution in [-0.4, -0.2) is 58.3 Å². The van der Waals surface area contributed by atoms with Crippen molar-refractivity contribution < 1.29 is 19.4 Å². The highest BCUT2D eigenvalue weighted by Gasteiger charge is 2.31. The summed E-state index contributed by atoms with van der Waals surface area (Å²) in [6.07, 6.45) is 2.27. The summed E-state index contributed by atoms with van der Waals surface area (Å²) in [7, 11) is 0. The Kier molecular flexibility index (Phi) is 6.49. The lowest BCUT2D eigenvalue weighted by atomic mass is 10.0. The molecule has 1 saturated heterocycles. The minimum absolute atomic E-state index is 0.140. The van der Waals surface area contributed by atoms with Crippen LogP contribution in [0.5, 0.6) is 0 Å². The Morgan fingerprint density at radius 1 is 1.35 bits per heavy atom. The van der Waals surface area contributed by atoms with Crippen LogP contribution in [0, 0.1) is 6.92 Å². The highest BCUT2D eigenvalue weighted by Crippen LogP contribution is 2.29. The predicted molar refractivity (Wildman–Crippen MR) is 102 cm³/mol. The van der Waals surface area contributed by atoms with Crippen molar-refractivity contribution in [3.05, 3.63) is 10.6 Å². The minimum Gasteiger partial charge on any atom is -0.477 e. The van der Waals surface area contributed by atoms with Crippen LogP contribution in [0.25, 0.3) is 0 Å². The van der Waals surface area contributed by atoms with Gasteiger partial charge in [0.1, 0.15) is 10.5 Å². The molecule has 0 aromatic carbocycles. The Hall–Kier alpha value is -1.83. The summed E-state index contributed by atoms with van der Waals surface area (Å²) in [5.74, 6) is -0.930. The van der Waals surface area contributed by atoms with Crippen LogP contribution in [-0.2, 0) is 4.74 Å². The number of amides is 1. The summed E-state index contributed by atoms with van der Waals surface area (Å²) >= 11 is 1.22. The fraction of sp³-hybridized carbons (Fsp3) is 0.722. The van der Waals surface area contributed by atoms with E-state index < -0.39 is 11.6 Å². The van der Waals surface area contributed by atoms with E-state index in [1.54, 1.807) is 6.92 Å². The van der Waals surface area contributed by atoms with Crippen LogP contribution >= 0.6 is 11.3 Å². The number of aromatic carboxylic acids is 1. The number of rotatable bonds is 5. The molecule has 2 rings (SSSR count). The SMILES string of the molecule is CCCN(C(=O)OC(C)(C)C)C1CCN(c2nc(C)c(C(=O)O)s2)CC1. The summed E-state index contributed by atoms with van der Waals surface area (Å²) in [5, 5.41) is 9.95. The Morgan fingerprint density at radius 2 is 1.96 bits per heavy atom. The largest absolute Gasteiger partial charge is 0.477 e. The number of ether oxygens (including phenoxy) is 1. The molecule has 0 unspecified atom stereocenters. The lowest BCUT2D eigenvalue weighted by molar-refractivity contribution is 0.0135. The van der Waals surface area contributed by atoms with E-state index in [1.807, 2.05) is 25.7 Å². The molecule has 0 atom stereocenters. The van der Waals surface area contributed by atoms with Gasteiger partial charge in [-0.2, -0.15) is 0 Å². The fourth-order valence-electron chi connectivity index (χ4n) is 3.07. The number of anilines is 1. The van der Waals surface area contributed by atoms with Gasteiger partial charge in [0.15, 0.2) is 5.13 Å². The van der Waals surface area contributed by atoms with E-state index in [9.17, 15) is 14.7 Å². The van der Waals surface area contributed by atoms with E-state index in [-0.39, 0.29) is 12.1 Å². The summed E-state index contributed by atoms with van der Waals surface area (Å²) in [6, 6.07) is 0.140. The van der Waals surface area contributed by atoms with Crippen LogP contribution in [0.2, 0.25) is 0 Å². The molecule has 2 heterocycles. The zero-order chi connectivity index (χ0) is 19.5. The van der Waals surface area contributed by atoms with Crippen molar-refractivity contribution in [3.8, 4) is 0 Å². The molecule has 1 aromatic rings. The average Bonchev–Trinajstić information content (AvgIpc) is 2.93. The van der Waals surface area contributed by atoms with Gasteiger partial charge < -0.3 is 19.6 Å². The summed E-state index contributed by atoms with van der Waals surface area (Å²) in [4.78, 5) is 32.4. The van der Waals surface area contributed by atoms with E-state index in [0.29, 0.717) is 17.1 Å². The van der Waals surface area contributed by atoms with Gasteiger partial charge in [0.2, 0.25) is 0 Å². The van der Waals surface area contributed by atoms with Crippen LogP contribution in [0.3, 0.4) is 0 Å². The molecule has 0 bridgehead atoms. The van der Waals surface area contributed by atoms with Crippen LogP contribution < -0.4 is 4.90 Å². The monoisotopic (exact) mass is 383 g/mol. The van der Waals surface area contributed by atoms with Crippen molar-refractivity contribution in [1.82, 2.24) is 9.88 Å². The number of nitrogens with zero attached hydrogens (tertiary/aromatic N) is 3. The molecular formula is C18H29N3O4S. The Morgan fingerprint density at radius 3 is 2.42 bits per heavy atom. The van der Waals surface area contributed by atoms with Gasteiger partial charge in [0, 0.05) is 25.7 Å². The van der Waals surface area contributed by atoms with Gasteiger partial charge in [0.25, 0.3) is 0 Å². The molecule has 0 saturated carbocycles. The zero-order valence-corrected chi connectivity index (χ0v) is 17.1. The third-order valence-electron chi connectivity index (χ3n) is 4.25. The topological polar surface area (TPSA) is 83.0 Å². The molecule has 7 nitrogen and oxygen atoms in total. The van der Waals surface area contributed by atoms with Crippen molar-refractivity contribution >= 4 is 28.5 Å². The number of carboxylic acids is 1. The normalized spacial score (nSPS) is 15.8. The van der Waals surface area contributed by atoms with Crippen molar-refractivity contribution in [3.63, 3.8) is 0 Å². The third-order valence-corrected chi connectivity index (χ3v) is 5.45. The van der Waals surface area contributed by atoms with Gasteiger partial charge in [-0.25, -0.2) is 14.6 Å². The lowest BCUT2D eigenvalue weighted by Gasteiger charge is -2.39. The second-order valence-electron chi connectivity index (χ2n) is 7.61. The van der Waals surface area contributed by atoms with Gasteiger partial charge in [0.05, 0.1) is 5.69 Å². The van der Waals surface area contributed by atoms with E-state index in [4.69, 9.17) is 4.74 Å². The molecule has 0 spiro atoms. The second kappa shape index (κ2) is 8.24. The standard InChI is InChI=1S/C18H29N3O4S/c1-6-9-21(17(24)25-18(3,4)5)13-7-10-20(11-8-13)16-19-12(2)14(26-16)15(22)23/h13H,6-11H2,1-5H3,(H,22,23). The maximum Gasteiger partial charge on any atom is 0.410 e. The van der Waals surface area contributed by atoms with E-state index in [2.05, 4.69) is 16.8 Å². The zero-order valence-electron chi connectivity index (χ0n) is 16.2. The molecule has 1 aromatic heterocycles. The Balaban J connectivity index is 2.02. The molecule has 146 valence electrons. The second-order valence-corrected chi connectivity index (χ2v) is 8.59. The number of hydrogen-bond donors (Lipinski definition) is 1. The fourth-order valence-corrected chi connectivity index (χ4v) is 4.03. The average molecular weight is 384 g/mol. The first kappa shape index (κ1) is 20.5. The minimum atomic E-state index is -0.930. The van der Waals surface area contributed by atoms with Gasteiger partial charge >= 0.3 is 12.1 Å². The molecule has 0 radical (unpaired) electrons. The number of piperidine rings is 1. The first-order valence-corrected chi connectivity index (χ1v) is 9.89. The quantitative estimate of drug-likeness (QED) is 0.833. The first-order chi connectivity index (χ1) is 12.1. The Bertz CT molecular complexity index is 645. The molecule has 1 N–H and O–H groups in total. The van der Waals surface area contributed by atoms with Crippen LogP contribution in [0.15, 0.2) is 0 Å². The number of hydrogen-bond acceptors (Lipinski definition) is 6. The summed E-state index contributed by atoms with van der Waals surface area (Å²) in [6.45, 7) is 11.6. The number of thiazole rings is 1. The lowest BCUT2D eigenvalue weighted by Crippen LogP contribution is -2.49. The Labute approximate surface area is 159 Å². The smallest absolute Gasteiger partial charge is 0.410 e. The maximum atomic E-state index is 12.5. The van der Waals surface area contributed by atoms with Crippen molar-refractivity contribution in [2.75, 3.05) is 24.5 Å². The van der Waals surface area contributed by atoms with E-state index in [0.717, 1.165) is 37.5 Å². The van der Waals surface area contributed by atoms with Gasteiger partial charge in [-0.3, -0.25) is 0 Å². The number of carbonyl (C=O) groups is 2. The van der Waals surface area contributed by atoms with E-state index >= 15 is 0 Å². The molecule has 1 aliphatic heterocycles. The predicted octanol–water partition coefficient (Wildman–Crippen LogP) is 3.77. The van der Waals surface area contributed by atoms with Gasteiger partial charge in [-0.15, -0.1) is 0 Å². The highest BCUT2D eigenvalue weighted by molar-refractivity contribution is 7.17. The van der Waals surface area contributed by atoms with Crippen LogP contribution in [0.4, 0.5) is 9.93 Å². The van der Waals surface area contributed by atoms with Gasteiger partial charge in [-0.05, 0) is 47.0 Å². The number of aromatic nitrogens is 1. The molecule has 0 aliphatic carbocycles. The molecular weight excluding hydrogens is 354 g/mol. The number of carbonyl (C=O) groups excluding carboxylic acids is 1. The van der Waals surface area contributed by atoms with Crippen molar-refractivity contribution in [2.45, 2.75) is 65.5 Å². The summed E-state index contributed by atoms with van der Waals surface area (Å²) in [5.41, 5.74) is 0.0519. The van der Waals surface area contributed by atoms with Gasteiger partial charge in [-0.1, -0.05) is 18.3 Å². The van der Waals surface area contributed by atoms with E-state index in [1.165, 1.54) is 11.3 Å². The maximum absolute atomic E-state index is 12.5. The molecule has 1 amide bonds. The van der Waals surface area contributed by atoms with Crippen molar-refractivity contribution in [1.29, 1.82) is 0 Å². The number of aryl methyl sites for hydroxylation is 1. The summed E-state index contributed by atoms with van der Waals surface area (Å²) < 4.78 is 5.56. The number of carboxylic acid groups (broad SMARTS) is 1. The molecule has 8 heteroatoms. The third kappa shape index (κ3) is 5.09. The highest BCUT2D eigenvalue weighted by atomic mass is 32.1. The van der Waals surface area contributed by atoms with Crippen molar-refractivity contribution in [2.24, 2.45) is 0 Å². The molecule has 26 heavy (non-hydrogen) atoms. The molecule has 1 fully saturated rings. The molecule has 1 aliphatic rings. The van der Waals surface area contributed by atoms with Crippen LogP contribution in [0.1, 0.15) is 62.3 Å². The first-order valence-electron chi connectivity index (χ1n) is 9.07.